The van der Waals surface area contributed by atoms with Crippen molar-refractivity contribution in [1.29, 1.82) is 0 Å². The maximum atomic E-state index is 12.4. The van der Waals surface area contributed by atoms with Gasteiger partial charge in [0, 0.05) is 19.6 Å². The molecule has 0 aromatic rings. The maximum Gasteiger partial charge on any atom is 0.237 e. The monoisotopic (exact) mass is 304 g/mol. The Kier molecular flexibility index (Phi) is 5.18. The van der Waals surface area contributed by atoms with Crippen LogP contribution in [0.25, 0.3) is 0 Å². The van der Waals surface area contributed by atoms with Crippen molar-refractivity contribution in [3.63, 3.8) is 0 Å². The van der Waals surface area contributed by atoms with E-state index in [-0.39, 0.29) is 29.4 Å². The second-order valence-electron chi connectivity index (χ2n) is 5.85. The molecule has 1 unspecified atom stereocenters. The fraction of sp³-hybridized carbons (Fsp3) is 0.846. The van der Waals surface area contributed by atoms with E-state index in [9.17, 15) is 18.0 Å². The van der Waals surface area contributed by atoms with Crippen molar-refractivity contribution in [3.05, 3.63) is 0 Å². The van der Waals surface area contributed by atoms with E-state index in [2.05, 4.69) is 5.32 Å². The summed E-state index contributed by atoms with van der Waals surface area (Å²) in [7, 11) is -1.48. The van der Waals surface area contributed by atoms with Crippen LogP contribution >= 0.6 is 0 Å². The Morgan fingerprint density at radius 2 is 1.95 bits per heavy atom. The molecule has 0 aromatic heterocycles. The van der Waals surface area contributed by atoms with Crippen LogP contribution in [0.4, 0.5) is 0 Å². The minimum Gasteiger partial charge on any atom is -0.355 e. The number of amides is 2. The molecule has 1 rings (SSSR count). The van der Waals surface area contributed by atoms with Crippen LogP contribution in [0.2, 0.25) is 0 Å². The van der Waals surface area contributed by atoms with Gasteiger partial charge in [-0.15, -0.1) is 0 Å². The molecule has 7 heteroatoms. The van der Waals surface area contributed by atoms with Crippen molar-refractivity contribution in [1.82, 2.24) is 10.2 Å². The van der Waals surface area contributed by atoms with Gasteiger partial charge in [0.1, 0.15) is 5.41 Å². The molecule has 1 heterocycles. The first kappa shape index (κ1) is 16.9. The summed E-state index contributed by atoms with van der Waals surface area (Å²) in [6.45, 7) is 5.60. The lowest BCUT2D eigenvalue weighted by molar-refractivity contribution is -0.148. The Morgan fingerprint density at radius 3 is 2.40 bits per heavy atom. The van der Waals surface area contributed by atoms with Gasteiger partial charge in [-0.3, -0.25) is 9.59 Å². The van der Waals surface area contributed by atoms with Crippen LogP contribution < -0.4 is 5.32 Å². The summed E-state index contributed by atoms with van der Waals surface area (Å²) in [6.07, 6.45) is 1.24. The molecule has 6 nitrogen and oxygen atoms in total. The van der Waals surface area contributed by atoms with Crippen LogP contribution in [0.5, 0.6) is 0 Å². The molecule has 1 saturated heterocycles. The zero-order chi connectivity index (χ0) is 15.6. The second-order valence-corrected chi connectivity index (χ2v) is 8.08. The summed E-state index contributed by atoms with van der Waals surface area (Å²) >= 11 is 0. The average Bonchev–Trinajstić information content (AvgIpc) is 2.74. The van der Waals surface area contributed by atoms with Gasteiger partial charge in [-0.25, -0.2) is 8.42 Å². The number of rotatable bonds is 5. The van der Waals surface area contributed by atoms with E-state index < -0.39 is 15.3 Å². The van der Waals surface area contributed by atoms with Crippen LogP contribution in [0.1, 0.15) is 33.6 Å². The molecule has 116 valence electrons. The van der Waals surface area contributed by atoms with Crippen molar-refractivity contribution in [2.24, 2.45) is 5.41 Å². The second kappa shape index (κ2) is 6.11. The van der Waals surface area contributed by atoms with Crippen LogP contribution in [0, 0.1) is 5.41 Å². The van der Waals surface area contributed by atoms with Gasteiger partial charge in [-0.2, -0.15) is 0 Å². The zero-order valence-electron chi connectivity index (χ0n) is 12.6. The molecule has 1 aliphatic heterocycles. The van der Waals surface area contributed by atoms with E-state index in [1.165, 1.54) is 4.90 Å². The van der Waals surface area contributed by atoms with Crippen molar-refractivity contribution >= 4 is 21.7 Å². The highest BCUT2D eigenvalue weighted by molar-refractivity contribution is 7.91. The predicted molar refractivity (Wildman–Crippen MR) is 76.9 cm³/mol. The highest BCUT2D eigenvalue weighted by atomic mass is 32.2. The largest absolute Gasteiger partial charge is 0.355 e. The minimum absolute atomic E-state index is 0.0120. The summed E-state index contributed by atoms with van der Waals surface area (Å²) < 4.78 is 23.0. The van der Waals surface area contributed by atoms with E-state index in [4.69, 9.17) is 0 Å². The van der Waals surface area contributed by atoms with Crippen LogP contribution in [0.15, 0.2) is 0 Å². The Labute approximate surface area is 120 Å². The number of nitrogens with one attached hydrogen (secondary N) is 1. The summed E-state index contributed by atoms with van der Waals surface area (Å²) in [5.41, 5.74) is -1.18. The first-order valence-electron chi connectivity index (χ1n) is 6.88. The van der Waals surface area contributed by atoms with Crippen molar-refractivity contribution < 1.29 is 18.0 Å². The van der Waals surface area contributed by atoms with Gasteiger partial charge in [0.05, 0.1) is 11.5 Å². The molecular weight excluding hydrogens is 280 g/mol. The lowest BCUT2D eigenvalue weighted by Crippen LogP contribution is -2.51. The van der Waals surface area contributed by atoms with Gasteiger partial charge in [0.25, 0.3) is 0 Å². The molecule has 1 N–H and O–H groups in total. The van der Waals surface area contributed by atoms with E-state index in [0.29, 0.717) is 13.0 Å². The van der Waals surface area contributed by atoms with Crippen LogP contribution in [-0.4, -0.2) is 56.3 Å². The van der Waals surface area contributed by atoms with E-state index >= 15 is 0 Å². The Balaban J connectivity index is 2.75. The Hall–Kier alpha value is -1.11. The number of nitrogens with zero attached hydrogens (tertiary/aromatic N) is 1. The minimum atomic E-state index is -3.05. The Morgan fingerprint density at radius 1 is 1.35 bits per heavy atom. The number of hydrogen-bond acceptors (Lipinski definition) is 4. The number of hydrogen-bond donors (Lipinski definition) is 1. The molecular formula is C13H24N2O4S. The molecule has 20 heavy (non-hydrogen) atoms. The van der Waals surface area contributed by atoms with Gasteiger partial charge in [0.15, 0.2) is 9.84 Å². The summed E-state index contributed by atoms with van der Waals surface area (Å²) in [5.74, 6) is -0.565. The molecule has 0 aromatic carbocycles. The lowest BCUT2D eigenvalue weighted by Gasteiger charge is -2.31. The third-order valence-electron chi connectivity index (χ3n) is 3.71. The molecule has 0 bridgehead atoms. The fourth-order valence-electron chi connectivity index (χ4n) is 2.24. The van der Waals surface area contributed by atoms with E-state index in [0.717, 1.165) is 6.42 Å². The van der Waals surface area contributed by atoms with E-state index in [1.54, 1.807) is 20.9 Å². The van der Waals surface area contributed by atoms with Crippen molar-refractivity contribution in [2.45, 2.75) is 39.7 Å². The molecule has 0 radical (unpaired) electrons. The highest BCUT2D eigenvalue weighted by Gasteiger charge is 2.42. The first-order chi connectivity index (χ1) is 9.12. The molecule has 0 aliphatic carbocycles. The molecule has 1 aliphatic rings. The van der Waals surface area contributed by atoms with Crippen molar-refractivity contribution in [3.8, 4) is 0 Å². The standard InChI is InChI=1S/C13H24N2O4S/c1-5-7-14-11(16)13(2,3)12(17)15(4)10-6-8-20(18,19)9-10/h10H,5-9H2,1-4H3,(H,14,16). The Bertz CT molecular complexity index is 485. The number of carbonyl (C=O) groups is 2. The summed E-state index contributed by atoms with van der Waals surface area (Å²) in [6, 6.07) is -0.328. The molecule has 0 spiro atoms. The first-order valence-corrected chi connectivity index (χ1v) is 8.70. The van der Waals surface area contributed by atoms with Crippen molar-refractivity contribution in [2.75, 3.05) is 25.1 Å². The molecule has 1 fully saturated rings. The summed E-state index contributed by atoms with van der Waals surface area (Å²) in [4.78, 5) is 25.9. The normalized spacial score (nSPS) is 21.5. The van der Waals surface area contributed by atoms with Gasteiger partial charge in [0.2, 0.25) is 11.8 Å². The number of carbonyl (C=O) groups excluding carboxylic acids is 2. The summed E-state index contributed by atoms with van der Waals surface area (Å²) in [5, 5.41) is 2.71. The van der Waals surface area contributed by atoms with Gasteiger partial charge < -0.3 is 10.2 Å². The van der Waals surface area contributed by atoms with Gasteiger partial charge in [-0.05, 0) is 26.7 Å². The average molecular weight is 304 g/mol. The third kappa shape index (κ3) is 3.71. The molecule has 1 atom stereocenters. The zero-order valence-corrected chi connectivity index (χ0v) is 13.4. The number of sulfone groups is 1. The third-order valence-corrected chi connectivity index (χ3v) is 5.46. The topological polar surface area (TPSA) is 83.6 Å². The van der Waals surface area contributed by atoms with Crippen LogP contribution in [-0.2, 0) is 19.4 Å². The molecule has 0 saturated carbocycles. The quantitative estimate of drug-likeness (QED) is 0.735. The highest BCUT2D eigenvalue weighted by Crippen LogP contribution is 2.24. The fourth-order valence-corrected chi connectivity index (χ4v) is 4.02. The molecule has 2 amide bonds. The maximum absolute atomic E-state index is 12.4. The van der Waals surface area contributed by atoms with Gasteiger partial charge >= 0.3 is 0 Å². The van der Waals surface area contributed by atoms with Crippen LogP contribution in [0.3, 0.4) is 0 Å². The predicted octanol–water partition coefficient (Wildman–Crippen LogP) is 0.184. The SMILES string of the molecule is CCCNC(=O)C(C)(C)C(=O)N(C)C1CCS(=O)(=O)C1. The lowest BCUT2D eigenvalue weighted by atomic mass is 9.89. The van der Waals surface area contributed by atoms with Gasteiger partial charge in [-0.1, -0.05) is 6.92 Å². The smallest absolute Gasteiger partial charge is 0.237 e. The van der Waals surface area contributed by atoms with E-state index in [1.807, 2.05) is 6.92 Å².